The lowest BCUT2D eigenvalue weighted by Crippen LogP contribution is -2.28. The van der Waals surface area contributed by atoms with Crippen molar-refractivity contribution in [3.05, 3.63) is 105 Å². The molecule has 0 atom stereocenters. The first-order chi connectivity index (χ1) is 14.1. The lowest BCUT2D eigenvalue weighted by atomic mass is 10.2. The van der Waals surface area contributed by atoms with Gasteiger partial charge in [-0.1, -0.05) is 65.7 Å². The third kappa shape index (κ3) is 4.91. The van der Waals surface area contributed by atoms with E-state index in [1.807, 2.05) is 72.8 Å². The zero-order chi connectivity index (χ0) is 20.2. The third-order valence-corrected chi connectivity index (χ3v) is 5.76. The minimum Gasteiger partial charge on any atom is -0.282 e. The first-order valence-corrected chi connectivity index (χ1v) is 10.5. The molecule has 0 unspecified atom stereocenters. The smallest absolute Gasteiger partial charge is 0.267 e. The topological polar surface area (TPSA) is 32.7 Å². The molecular weight excluding hydrogens is 423 g/mol. The lowest BCUT2D eigenvalue weighted by molar-refractivity contribution is -0.122. The van der Waals surface area contributed by atoms with Gasteiger partial charge in [-0.15, -0.1) is 0 Å². The maximum absolute atomic E-state index is 13.2. The van der Waals surface area contributed by atoms with E-state index < -0.39 is 0 Å². The molecule has 0 radical (unpaired) electrons. The zero-order valence-electron chi connectivity index (χ0n) is 15.3. The molecule has 1 saturated heterocycles. The number of halogens is 2. The molecule has 3 nitrogen and oxygen atoms in total. The fraction of sp³-hybridized carbons (Fsp3) is 0.0435. The highest BCUT2D eigenvalue weighted by Gasteiger charge is 2.33. The Morgan fingerprint density at radius 1 is 0.897 bits per heavy atom. The molecule has 1 fully saturated rings. The summed E-state index contributed by atoms with van der Waals surface area (Å²) in [5.41, 5.74) is 2.65. The van der Waals surface area contributed by atoms with Gasteiger partial charge in [0.05, 0.1) is 17.1 Å². The van der Waals surface area contributed by atoms with Crippen molar-refractivity contribution in [1.82, 2.24) is 4.90 Å². The molecule has 1 heterocycles. The summed E-state index contributed by atoms with van der Waals surface area (Å²) in [5.74, 6) is -0.0837. The lowest BCUT2D eigenvalue weighted by Gasteiger charge is -2.16. The second kappa shape index (κ2) is 8.87. The molecule has 1 amide bonds. The van der Waals surface area contributed by atoms with Crippen LogP contribution in [0.4, 0.5) is 5.69 Å². The average molecular weight is 439 g/mol. The van der Waals surface area contributed by atoms with Crippen LogP contribution in [0.5, 0.6) is 0 Å². The number of amides is 1. The van der Waals surface area contributed by atoms with Gasteiger partial charge in [0, 0.05) is 10.0 Å². The average Bonchev–Trinajstić information content (AvgIpc) is 2.99. The SMILES string of the molecule is O=C1/C(=C\c2ccc(Cl)cc2)SC(=Nc2ccccc2)N1Cc1cccc(Cl)c1. The molecule has 1 aliphatic heterocycles. The number of rotatable bonds is 4. The van der Waals surface area contributed by atoms with E-state index in [0.717, 1.165) is 16.8 Å². The van der Waals surface area contributed by atoms with E-state index in [-0.39, 0.29) is 5.91 Å². The van der Waals surface area contributed by atoms with Crippen LogP contribution in [0.2, 0.25) is 10.0 Å². The first-order valence-electron chi connectivity index (χ1n) is 8.94. The number of nitrogens with zero attached hydrogens (tertiary/aromatic N) is 2. The Morgan fingerprint density at radius 2 is 1.66 bits per heavy atom. The van der Waals surface area contributed by atoms with Crippen molar-refractivity contribution < 1.29 is 4.79 Å². The van der Waals surface area contributed by atoms with E-state index in [1.165, 1.54) is 11.8 Å². The van der Waals surface area contributed by atoms with Crippen LogP contribution < -0.4 is 0 Å². The second-order valence-corrected chi connectivity index (χ2v) is 8.30. The molecule has 144 valence electrons. The van der Waals surface area contributed by atoms with Crippen molar-refractivity contribution in [2.45, 2.75) is 6.54 Å². The molecule has 29 heavy (non-hydrogen) atoms. The fourth-order valence-corrected chi connectivity index (χ4v) is 4.21. The summed E-state index contributed by atoms with van der Waals surface area (Å²) in [6.45, 7) is 0.399. The van der Waals surface area contributed by atoms with Crippen molar-refractivity contribution in [2.24, 2.45) is 4.99 Å². The number of benzene rings is 3. The molecule has 3 aromatic rings. The molecule has 0 aliphatic carbocycles. The maximum atomic E-state index is 13.2. The quantitative estimate of drug-likeness (QED) is 0.419. The van der Waals surface area contributed by atoms with Crippen molar-refractivity contribution in [3.8, 4) is 0 Å². The molecule has 0 N–H and O–H groups in total. The van der Waals surface area contributed by atoms with Crippen molar-refractivity contribution in [1.29, 1.82) is 0 Å². The van der Waals surface area contributed by atoms with Gasteiger partial charge < -0.3 is 0 Å². The normalized spacial score (nSPS) is 16.8. The monoisotopic (exact) mass is 438 g/mol. The number of aliphatic imine (C=N–C) groups is 1. The molecule has 6 heteroatoms. The Labute approximate surface area is 183 Å². The molecular formula is C23H16Cl2N2OS. The van der Waals surface area contributed by atoms with Gasteiger partial charge in [-0.2, -0.15) is 0 Å². The van der Waals surface area contributed by atoms with E-state index in [9.17, 15) is 4.79 Å². The van der Waals surface area contributed by atoms with E-state index in [4.69, 9.17) is 28.2 Å². The first kappa shape index (κ1) is 19.8. The summed E-state index contributed by atoms with van der Waals surface area (Å²) >= 11 is 13.5. The van der Waals surface area contributed by atoms with Crippen LogP contribution in [0.25, 0.3) is 6.08 Å². The molecule has 1 aliphatic rings. The number of hydrogen-bond acceptors (Lipinski definition) is 3. The van der Waals surface area contributed by atoms with Crippen LogP contribution in [-0.4, -0.2) is 16.0 Å². The summed E-state index contributed by atoms with van der Waals surface area (Å²) in [6, 6.07) is 24.5. The third-order valence-electron chi connectivity index (χ3n) is 4.27. The van der Waals surface area contributed by atoms with Gasteiger partial charge in [-0.25, -0.2) is 4.99 Å². The molecule has 0 spiro atoms. The van der Waals surface area contributed by atoms with E-state index in [0.29, 0.717) is 26.7 Å². The van der Waals surface area contributed by atoms with Gasteiger partial charge >= 0.3 is 0 Å². The molecule has 0 saturated carbocycles. The number of amidine groups is 1. The van der Waals surface area contributed by atoms with Crippen molar-refractivity contribution in [3.63, 3.8) is 0 Å². The zero-order valence-corrected chi connectivity index (χ0v) is 17.6. The number of hydrogen-bond donors (Lipinski definition) is 0. The summed E-state index contributed by atoms with van der Waals surface area (Å²) in [5, 5.41) is 1.94. The predicted molar refractivity (Wildman–Crippen MR) is 123 cm³/mol. The molecule has 0 aromatic heterocycles. The Bertz CT molecular complexity index is 1100. The molecule has 4 rings (SSSR count). The standard InChI is InChI=1S/C23H16Cl2N2OS/c24-18-11-9-16(10-12-18)14-21-22(28)27(15-17-5-4-6-19(25)13-17)23(29-21)26-20-7-2-1-3-8-20/h1-14H,15H2/b21-14+,26-23?. The Balaban J connectivity index is 1.69. The summed E-state index contributed by atoms with van der Waals surface area (Å²) in [6.07, 6.45) is 1.86. The summed E-state index contributed by atoms with van der Waals surface area (Å²) in [4.78, 5) is 20.2. The Hall–Kier alpha value is -2.53. The highest BCUT2D eigenvalue weighted by molar-refractivity contribution is 8.18. The highest BCUT2D eigenvalue weighted by atomic mass is 35.5. The van der Waals surface area contributed by atoms with Crippen LogP contribution in [-0.2, 0) is 11.3 Å². The summed E-state index contributed by atoms with van der Waals surface area (Å²) in [7, 11) is 0. The molecule has 0 bridgehead atoms. The Morgan fingerprint density at radius 3 is 2.38 bits per heavy atom. The predicted octanol–water partition coefficient (Wildman–Crippen LogP) is 6.80. The van der Waals surface area contributed by atoms with Crippen molar-refractivity contribution >= 4 is 57.8 Å². The van der Waals surface area contributed by atoms with Crippen molar-refractivity contribution in [2.75, 3.05) is 0 Å². The minimum atomic E-state index is -0.0837. The Kier molecular flexibility index (Phi) is 6.05. The fourth-order valence-electron chi connectivity index (χ4n) is 2.87. The van der Waals surface area contributed by atoms with Crippen LogP contribution in [0, 0.1) is 0 Å². The van der Waals surface area contributed by atoms with Gasteiger partial charge in [-0.3, -0.25) is 9.69 Å². The van der Waals surface area contributed by atoms with Gasteiger partial charge in [0.1, 0.15) is 0 Å². The van der Waals surface area contributed by atoms with Gasteiger partial charge in [0.2, 0.25) is 0 Å². The molecule has 3 aromatic carbocycles. The van der Waals surface area contributed by atoms with E-state index >= 15 is 0 Å². The van der Waals surface area contributed by atoms with Gasteiger partial charge in [-0.05, 0) is 65.4 Å². The van der Waals surface area contributed by atoms with Gasteiger partial charge in [0.25, 0.3) is 5.91 Å². The van der Waals surface area contributed by atoms with Crippen LogP contribution in [0.1, 0.15) is 11.1 Å². The largest absolute Gasteiger partial charge is 0.282 e. The number of thioether (sulfide) groups is 1. The van der Waals surface area contributed by atoms with Crippen LogP contribution in [0.15, 0.2) is 88.8 Å². The van der Waals surface area contributed by atoms with Gasteiger partial charge in [0.15, 0.2) is 5.17 Å². The van der Waals surface area contributed by atoms with E-state index in [1.54, 1.807) is 17.0 Å². The number of para-hydroxylation sites is 1. The number of carbonyl (C=O) groups is 1. The number of carbonyl (C=O) groups excluding carboxylic acids is 1. The highest BCUT2D eigenvalue weighted by Crippen LogP contribution is 2.35. The van der Waals surface area contributed by atoms with E-state index in [2.05, 4.69) is 0 Å². The van der Waals surface area contributed by atoms with Crippen LogP contribution >= 0.6 is 35.0 Å². The van der Waals surface area contributed by atoms with Crippen LogP contribution in [0.3, 0.4) is 0 Å². The maximum Gasteiger partial charge on any atom is 0.267 e. The summed E-state index contributed by atoms with van der Waals surface area (Å²) < 4.78 is 0. The second-order valence-electron chi connectivity index (χ2n) is 6.41. The minimum absolute atomic E-state index is 0.0837.